The Hall–Kier alpha value is -2.69. The lowest BCUT2D eigenvalue weighted by molar-refractivity contribution is 0.250. The van der Waals surface area contributed by atoms with Gasteiger partial charge in [0.25, 0.3) is 0 Å². The van der Waals surface area contributed by atoms with Crippen LogP contribution in [0.25, 0.3) is 0 Å². The fourth-order valence-electron chi connectivity index (χ4n) is 2.69. The zero-order chi connectivity index (χ0) is 18.8. The van der Waals surface area contributed by atoms with Crippen LogP contribution in [-0.2, 0) is 0 Å². The second-order valence-corrected chi connectivity index (χ2v) is 6.07. The molecule has 0 aliphatic heterocycles. The highest BCUT2D eigenvalue weighted by Gasteiger charge is 2.04. The summed E-state index contributed by atoms with van der Waals surface area (Å²) in [7, 11) is 0. The molecule has 0 saturated carbocycles. The molecular formula is C21H29N3O2. The Balaban J connectivity index is 1.68. The van der Waals surface area contributed by atoms with Gasteiger partial charge < -0.3 is 20.3 Å². The number of nitrogens with zero attached hydrogens (tertiary/aromatic N) is 1. The predicted octanol–water partition coefficient (Wildman–Crippen LogP) is 4.43. The number of nitrogens with one attached hydrogen (secondary N) is 2. The predicted molar refractivity (Wildman–Crippen MR) is 108 cm³/mol. The van der Waals surface area contributed by atoms with E-state index in [0.717, 1.165) is 42.2 Å². The summed E-state index contributed by atoms with van der Waals surface area (Å²) in [6, 6.07) is 15.6. The van der Waals surface area contributed by atoms with Crippen LogP contribution in [0, 0.1) is 6.92 Å². The molecule has 0 aromatic heterocycles. The molecule has 0 atom stereocenters. The molecule has 140 valence electrons. The largest absolute Gasteiger partial charge is 0.493 e. The van der Waals surface area contributed by atoms with Gasteiger partial charge in [0, 0.05) is 31.0 Å². The summed E-state index contributed by atoms with van der Waals surface area (Å²) >= 11 is 0. The maximum absolute atomic E-state index is 12.0. The van der Waals surface area contributed by atoms with Crippen molar-refractivity contribution in [2.45, 2.75) is 27.2 Å². The van der Waals surface area contributed by atoms with E-state index in [1.165, 1.54) is 0 Å². The number of benzene rings is 2. The van der Waals surface area contributed by atoms with Gasteiger partial charge in [0.2, 0.25) is 0 Å². The van der Waals surface area contributed by atoms with Gasteiger partial charge in [0.05, 0.1) is 6.61 Å². The van der Waals surface area contributed by atoms with Crippen molar-refractivity contribution in [3.05, 3.63) is 54.1 Å². The number of anilines is 2. The van der Waals surface area contributed by atoms with Crippen LogP contribution < -0.4 is 20.3 Å². The van der Waals surface area contributed by atoms with Crippen molar-refractivity contribution >= 4 is 17.4 Å². The molecule has 2 aromatic carbocycles. The van der Waals surface area contributed by atoms with Crippen molar-refractivity contribution in [3.63, 3.8) is 0 Å². The van der Waals surface area contributed by atoms with E-state index in [1.807, 2.05) is 55.5 Å². The van der Waals surface area contributed by atoms with Gasteiger partial charge in [-0.1, -0.05) is 18.2 Å². The van der Waals surface area contributed by atoms with E-state index in [0.29, 0.717) is 13.2 Å². The first-order valence-electron chi connectivity index (χ1n) is 9.22. The maximum atomic E-state index is 12.0. The Morgan fingerprint density at radius 1 is 1.04 bits per heavy atom. The lowest BCUT2D eigenvalue weighted by Gasteiger charge is -2.21. The number of amides is 2. The zero-order valence-corrected chi connectivity index (χ0v) is 15.9. The Bertz CT molecular complexity index is 682. The number of carbonyl (C=O) groups excluding carboxylic acids is 1. The Morgan fingerprint density at radius 3 is 2.38 bits per heavy atom. The second-order valence-electron chi connectivity index (χ2n) is 6.07. The topological polar surface area (TPSA) is 53.6 Å². The van der Waals surface area contributed by atoms with Gasteiger partial charge in [-0.15, -0.1) is 0 Å². The fourth-order valence-corrected chi connectivity index (χ4v) is 2.69. The van der Waals surface area contributed by atoms with Crippen LogP contribution in [0.4, 0.5) is 16.2 Å². The molecule has 0 aliphatic rings. The van der Waals surface area contributed by atoms with E-state index in [-0.39, 0.29) is 6.03 Å². The van der Waals surface area contributed by atoms with Gasteiger partial charge in [-0.3, -0.25) is 0 Å². The summed E-state index contributed by atoms with van der Waals surface area (Å²) in [4.78, 5) is 14.2. The zero-order valence-electron chi connectivity index (χ0n) is 15.9. The molecule has 0 heterocycles. The smallest absolute Gasteiger partial charge is 0.319 e. The summed E-state index contributed by atoms with van der Waals surface area (Å²) in [5.74, 6) is 0.894. The molecule has 26 heavy (non-hydrogen) atoms. The van der Waals surface area contributed by atoms with Crippen molar-refractivity contribution in [1.29, 1.82) is 0 Å². The SMILES string of the molecule is CCN(CC)c1ccc(NC(=O)NCCCOc2ccccc2C)cc1. The van der Waals surface area contributed by atoms with Crippen LogP contribution in [0.3, 0.4) is 0 Å². The third kappa shape index (κ3) is 5.99. The van der Waals surface area contributed by atoms with Crippen LogP contribution in [-0.4, -0.2) is 32.3 Å². The van der Waals surface area contributed by atoms with Crippen molar-refractivity contribution in [3.8, 4) is 5.75 Å². The fraction of sp³-hybridized carbons (Fsp3) is 0.381. The van der Waals surface area contributed by atoms with E-state index in [1.54, 1.807) is 0 Å². The molecule has 0 spiro atoms. The molecule has 2 rings (SSSR count). The highest BCUT2D eigenvalue weighted by Crippen LogP contribution is 2.18. The first-order valence-corrected chi connectivity index (χ1v) is 9.22. The minimum Gasteiger partial charge on any atom is -0.493 e. The van der Waals surface area contributed by atoms with Crippen LogP contribution in [0.1, 0.15) is 25.8 Å². The number of hydrogen-bond acceptors (Lipinski definition) is 3. The number of hydrogen-bond donors (Lipinski definition) is 2. The van der Waals surface area contributed by atoms with E-state index in [2.05, 4.69) is 29.4 Å². The van der Waals surface area contributed by atoms with E-state index < -0.39 is 0 Å². The maximum Gasteiger partial charge on any atom is 0.319 e. The highest BCUT2D eigenvalue weighted by molar-refractivity contribution is 5.89. The lowest BCUT2D eigenvalue weighted by atomic mass is 10.2. The first-order chi connectivity index (χ1) is 12.6. The van der Waals surface area contributed by atoms with Gasteiger partial charge in [-0.2, -0.15) is 0 Å². The van der Waals surface area contributed by atoms with E-state index >= 15 is 0 Å². The summed E-state index contributed by atoms with van der Waals surface area (Å²) in [5, 5.41) is 5.70. The van der Waals surface area contributed by atoms with Crippen LogP contribution in [0.15, 0.2) is 48.5 Å². The van der Waals surface area contributed by atoms with Crippen molar-refractivity contribution in [1.82, 2.24) is 5.32 Å². The average molecular weight is 355 g/mol. The van der Waals surface area contributed by atoms with E-state index in [4.69, 9.17) is 4.74 Å². The molecule has 2 N–H and O–H groups in total. The highest BCUT2D eigenvalue weighted by atomic mass is 16.5. The molecule has 2 aromatic rings. The summed E-state index contributed by atoms with van der Waals surface area (Å²) < 4.78 is 5.72. The summed E-state index contributed by atoms with van der Waals surface area (Å²) in [5.41, 5.74) is 3.07. The molecule has 5 nitrogen and oxygen atoms in total. The Kier molecular flexibility index (Phi) is 7.80. The molecule has 0 unspecified atom stereocenters. The van der Waals surface area contributed by atoms with Crippen molar-refractivity contribution in [2.75, 3.05) is 36.5 Å². The molecule has 0 saturated heterocycles. The molecule has 0 bridgehead atoms. The normalized spacial score (nSPS) is 10.3. The van der Waals surface area contributed by atoms with Crippen LogP contribution >= 0.6 is 0 Å². The third-order valence-electron chi connectivity index (χ3n) is 4.21. The van der Waals surface area contributed by atoms with Gasteiger partial charge in [-0.05, 0) is 63.1 Å². The number of carbonyl (C=O) groups is 1. The van der Waals surface area contributed by atoms with Gasteiger partial charge >= 0.3 is 6.03 Å². The van der Waals surface area contributed by atoms with Crippen LogP contribution in [0.5, 0.6) is 5.75 Å². The van der Waals surface area contributed by atoms with Gasteiger partial charge in [-0.25, -0.2) is 4.79 Å². The second kappa shape index (κ2) is 10.3. The number of rotatable bonds is 9. The van der Waals surface area contributed by atoms with Crippen LogP contribution in [0.2, 0.25) is 0 Å². The Labute approximate surface area is 156 Å². The average Bonchev–Trinajstić information content (AvgIpc) is 2.65. The van der Waals surface area contributed by atoms with Crippen molar-refractivity contribution in [2.24, 2.45) is 0 Å². The quantitative estimate of drug-likeness (QED) is 0.654. The summed E-state index contributed by atoms with van der Waals surface area (Å²) in [6.45, 7) is 9.35. The number of aryl methyl sites for hydroxylation is 1. The first kappa shape index (κ1) is 19.6. The Morgan fingerprint density at radius 2 is 1.73 bits per heavy atom. The summed E-state index contributed by atoms with van der Waals surface area (Å²) in [6.07, 6.45) is 0.753. The van der Waals surface area contributed by atoms with Gasteiger partial charge in [0.1, 0.15) is 5.75 Å². The minimum atomic E-state index is -0.198. The minimum absolute atomic E-state index is 0.198. The standard InChI is InChI=1S/C21H29N3O2/c1-4-24(5-2)19-13-11-18(12-14-19)23-21(25)22-15-8-16-26-20-10-7-6-9-17(20)3/h6-7,9-14H,4-5,8,15-16H2,1-3H3,(H2,22,23,25). The molecule has 0 aliphatic carbocycles. The van der Waals surface area contributed by atoms with Crippen molar-refractivity contribution < 1.29 is 9.53 Å². The molecule has 0 radical (unpaired) electrons. The van der Waals surface area contributed by atoms with Gasteiger partial charge in [0.15, 0.2) is 0 Å². The lowest BCUT2D eigenvalue weighted by Crippen LogP contribution is -2.30. The third-order valence-corrected chi connectivity index (χ3v) is 4.21. The molecular weight excluding hydrogens is 326 g/mol. The molecule has 5 heteroatoms. The molecule has 2 amide bonds. The number of ether oxygens (including phenoxy) is 1. The monoisotopic (exact) mass is 355 g/mol. The molecule has 0 fully saturated rings. The number of para-hydroxylation sites is 1. The van der Waals surface area contributed by atoms with E-state index in [9.17, 15) is 4.79 Å². The number of urea groups is 1.